The number of carbonyl (C=O) groups is 1. The number of carbonyl (C=O) groups excluding carboxylic acids is 1. The summed E-state index contributed by atoms with van der Waals surface area (Å²) >= 11 is 0. The largest absolute Gasteiger partial charge is 0.382 e. The van der Waals surface area contributed by atoms with E-state index in [1.165, 1.54) is 19.8 Å². The molecule has 2 N–H and O–H groups in total. The summed E-state index contributed by atoms with van der Waals surface area (Å²) in [5.41, 5.74) is 1.23. The van der Waals surface area contributed by atoms with Crippen LogP contribution in [0.25, 0.3) is 11.2 Å². The number of H-pyrrole nitrogens is 1. The van der Waals surface area contributed by atoms with Crippen LogP contribution in [0, 0.1) is 12.3 Å². The second-order valence-corrected chi connectivity index (χ2v) is 4.40. The van der Waals surface area contributed by atoms with Crippen molar-refractivity contribution in [2.24, 2.45) is 0 Å². The number of hydrogen-bond acceptors (Lipinski definition) is 6. The fraction of sp³-hybridized carbons (Fsp3) is 0.385. The maximum absolute atomic E-state index is 12.0. The lowest BCUT2D eigenvalue weighted by Crippen LogP contribution is -2.42. The second kappa shape index (κ2) is 6.67. The number of imidazole rings is 1. The molecular formula is C13H16N6O2. The molecule has 0 radical (unpaired) electrons. The number of hydrogen-bond donors (Lipinski definition) is 2. The molecular weight excluding hydrogens is 272 g/mol. The first-order valence-electron chi connectivity index (χ1n) is 6.25. The molecule has 0 saturated heterocycles. The van der Waals surface area contributed by atoms with Crippen molar-refractivity contribution in [3.8, 4) is 12.3 Å². The number of anilines is 1. The van der Waals surface area contributed by atoms with E-state index < -0.39 is 6.04 Å². The number of methoxy groups -OCH3 is 1. The van der Waals surface area contributed by atoms with Crippen molar-refractivity contribution in [1.29, 1.82) is 0 Å². The van der Waals surface area contributed by atoms with E-state index in [1.54, 1.807) is 11.9 Å². The smallest absolute Gasteiger partial charge is 0.240 e. The van der Waals surface area contributed by atoms with Gasteiger partial charge in [0.15, 0.2) is 11.5 Å². The lowest BCUT2D eigenvalue weighted by molar-refractivity contribution is -0.120. The molecule has 110 valence electrons. The molecule has 0 saturated carbocycles. The van der Waals surface area contributed by atoms with Gasteiger partial charge in [-0.2, -0.15) is 0 Å². The Bertz CT molecular complexity index is 662. The third-order valence-electron chi connectivity index (χ3n) is 2.82. The summed E-state index contributed by atoms with van der Waals surface area (Å²) in [5.74, 6) is 2.83. The Labute approximate surface area is 121 Å². The number of aromatic amines is 1. The lowest BCUT2D eigenvalue weighted by Gasteiger charge is -2.19. The number of nitrogens with zero attached hydrogens (tertiary/aromatic N) is 4. The van der Waals surface area contributed by atoms with E-state index in [0.29, 0.717) is 17.0 Å². The number of likely N-dealkylation sites (N-methyl/N-ethyl adjacent to an activating group) is 1. The van der Waals surface area contributed by atoms with Crippen LogP contribution in [-0.4, -0.2) is 59.2 Å². The molecule has 0 bridgehead atoms. The Hall–Kier alpha value is -2.66. The molecule has 0 aliphatic heterocycles. The van der Waals surface area contributed by atoms with E-state index in [0.717, 1.165) is 0 Å². The van der Waals surface area contributed by atoms with Crippen molar-refractivity contribution in [2.75, 3.05) is 32.2 Å². The Morgan fingerprint density at radius 3 is 3.10 bits per heavy atom. The summed E-state index contributed by atoms with van der Waals surface area (Å²) in [7, 11) is 3.28. The summed E-state index contributed by atoms with van der Waals surface area (Å²) in [6.45, 7) is 0.372. The van der Waals surface area contributed by atoms with Crippen LogP contribution in [0.15, 0.2) is 12.7 Å². The van der Waals surface area contributed by atoms with Gasteiger partial charge in [0.1, 0.15) is 17.9 Å². The molecule has 0 spiro atoms. The molecule has 8 heteroatoms. The highest BCUT2D eigenvalue weighted by Gasteiger charge is 2.15. The minimum Gasteiger partial charge on any atom is -0.382 e. The quantitative estimate of drug-likeness (QED) is 0.699. The maximum Gasteiger partial charge on any atom is 0.240 e. The Balaban J connectivity index is 2.04. The molecule has 0 aliphatic rings. The van der Waals surface area contributed by atoms with Crippen LogP contribution in [0.1, 0.15) is 0 Å². The van der Waals surface area contributed by atoms with Gasteiger partial charge in [-0.3, -0.25) is 4.79 Å². The van der Waals surface area contributed by atoms with E-state index in [2.05, 4.69) is 31.2 Å². The molecule has 2 heterocycles. The van der Waals surface area contributed by atoms with Gasteiger partial charge < -0.3 is 19.9 Å². The summed E-state index contributed by atoms with van der Waals surface area (Å²) in [6.07, 6.45) is 8.25. The SMILES string of the molecule is C#CC(COC)NC(=O)CN(C)c1ncnc2nc[nH]c12. The molecule has 1 atom stereocenters. The highest BCUT2D eigenvalue weighted by molar-refractivity contribution is 5.87. The van der Waals surface area contributed by atoms with Crippen molar-refractivity contribution < 1.29 is 9.53 Å². The number of amides is 1. The normalized spacial score (nSPS) is 11.9. The predicted molar refractivity (Wildman–Crippen MR) is 77.6 cm³/mol. The van der Waals surface area contributed by atoms with Crippen molar-refractivity contribution in [1.82, 2.24) is 25.3 Å². The van der Waals surface area contributed by atoms with Gasteiger partial charge in [0.25, 0.3) is 0 Å². The van der Waals surface area contributed by atoms with E-state index >= 15 is 0 Å². The molecule has 0 aromatic carbocycles. The molecule has 21 heavy (non-hydrogen) atoms. The van der Waals surface area contributed by atoms with Crippen molar-refractivity contribution in [3.05, 3.63) is 12.7 Å². The number of nitrogens with one attached hydrogen (secondary N) is 2. The fourth-order valence-electron chi connectivity index (χ4n) is 1.87. The first-order chi connectivity index (χ1) is 10.2. The molecule has 1 unspecified atom stereocenters. The third kappa shape index (κ3) is 3.46. The summed E-state index contributed by atoms with van der Waals surface area (Å²) in [4.78, 5) is 28.9. The monoisotopic (exact) mass is 288 g/mol. The highest BCUT2D eigenvalue weighted by atomic mass is 16.5. The van der Waals surface area contributed by atoms with Gasteiger partial charge in [0.2, 0.25) is 5.91 Å². The van der Waals surface area contributed by atoms with Gasteiger partial charge in [0, 0.05) is 14.2 Å². The van der Waals surface area contributed by atoms with E-state index in [-0.39, 0.29) is 19.1 Å². The summed E-state index contributed by atoms with van der Waals surface area (Å²) < 4.78 is 4.93. The lowest BCUT2D eigenvalue weighted by atomic mass is 10.3. The zero-order chi connectivity index (χ0) is 15.2. The van der Waals surface area contributed by atoms with Crippen LogP contribution in [0.2, 0.25) is 0 Å². The number of aromatic nitrogens is 4. The topological polar surface area (TPSA) is 96.0 Å². The van der Waals surface area contributed by atoms with Crippen LogP contribution < -0.4 is 10.2 Å². The van der Waals surface area contributed by atoms with Gasteiger partial charge in [0.05, 0.1) is 19.5 Å². The average Bonchev–Trinajstić information content (AvgIpc) is 2.94. The number of rotatable bonds is 6. The second-order valence-electron chi connectivity index (χ2n) is 4.40. The minimum absolute atomic E-state index is 0.104. The van der Waals surface area contributed by atoms with E-state index in [1.807, 2.05) is 0 Å². The zero-order valence-corrected chi connectivity index (χ0v) is 11.8. The van der Waals surface area contributed by atoms with Crippen molar-refractivity contribution in [2.45, 2.75) is 6.04 Å². The van der Waals surface area contributed by atoms with Crippen LogP contribution in [0.4, 0.5) is 5.82 Å². The molecule has 8 nitrogen and oxygen atoms in total. The van der Waals surface area contributed by atoms with Gasteiger partial charge >= 0.3 is 0 Å². The predicted octanol–water partition coefficient (Wildman–Crippen LogP) is -0.446. The van der Waals surface area contributed by atoms with Gasteiger partial charge in [-0.25, -0.2) is 15.0 Å². The first kappa shape index (κ1) is 14.7. The maximum atomic E-state index is 12.0. The average molecular weight is 288 g/mol. The fourth-order valence-corrected chi connectivity index (χ4v) is 1.87. The molecule has 2 aromatic rings. The van der Waals surface area contributed by atoms with E-state index in [4.69, 9.17) is 11.2 Å². The summed E-state index contributed by atoms with van der Waals surface area (Å²) in [6, 6.07) is -0.450. The van der Waals surface area contributed by atoms with Crippen molar-refractivity contribution >= 4 is 22.9 Å². The van der Waals surface area contributed by atoms with Crippen LogP contribution in [0.3, 0.4) is 0 Å². The molecule has 1 amide bonds. The van der Waals surface area contributed by atoms with Crippen molar-refractivity contribution in [3.63, 3.8) is 0 Å². The molecule has 2 aromatic heterocycles. The Kier molecular flexibility index (Phi) is 4.68. The van der Waals surface area contributed by atoms with Gasteiger partial charge in [-0.1, -0.05) is 5.92 Å². The number of ether oxygens (including phenoxy) is 1. The highest BCUT2D eigenvalue weighted by Crippen LogP contribution is 2.17. The van der Waals surface area contributed by atoms with Gasteiger partial charge in [-0.05, 0) is 0 Å². The zero-order valence-electron chi connectivity index (χ0n) is 11.8. The minimum atomic E-state index is -0.450. The van der Waals surface area contributed by atoms with Gasteiger partial charge in [-0.15, -0.1) is 6.42 Å². The third-order valence-corrected chi connectivity index (χ3v) is 2.82. The Morgan fingerprint density at radius 2 is 2.38 bits per heavy atom. The number of terminal acetylenes is 1. The van der Waals surface area contributed by atoms with Crippen LogP contribution >= 0.6 is 0 Å². The first-order valence-corrected chi connectivity index (χ1v) is 6.25. The molecule has 0 fully saturated rings. The standard InChI is InChI=1S/C13H16N6O2/c1-4-9(6-21-3)18-10(20)5-19(2)13-11-12(15-7-14-11)16-8-17-13/h1,7-9H,5-6H2,2-3H3,(H,18,20)(H,14,15,16,17). The number of fused-ring (bicyclic) bond motifs is 1. The van der Waals surface area contributed by atoms with Crippen LogP contribution in [0.5, 0.6) is 0 Å². The van der Waals surface area contributed by atoms with E-state index in [9.17, 15) is 4.79 Å². The molecule has 0 aliphatic carbocycles. The van der Waals surface area contributed by atoms with Crippen LogP contribution in [-0.2, 0) is 9.53 Å². The Morgan fingerprint density at radius 1 is 1.57 bits per heavy atom. The molecule has 2 rings (SSSR count). The summed E-state index contributed by atoms with van der Waals surface area (Å²) in [5, 5.41) is 2.70.